The molecule has 1 heterocycles. The molecule has 8 heteroatoms. The highest BCUT2D eigenvalue weighted by atomic mass is 35.5. The number of piperidine rings is 1. The lowest BCUT2D eigenvalue weighted by atomic mass is 9.97. The molecule has 1 fully saturated rings. The summed E-state index contributed by atoms with van der Waals surface area (Å²) in [7, 11) is -3.89. The minimum atomic E-state index is -3.89. The van der Waals surface area contributed by atoms with Crippen LogP contribution >= 0.6 is 11.6 Å². The molecule has 1 aliphatic rings. The van der Waals surface area contributed by atoms with Crippen molar-refractivity contribution in [2.75, 3.05) is 13.1 Å². The number of rotatable bonds is 5. The molecule has 3 rings (SSSR count). The Hall–Kier alpha value is -1.96. The van der Waals surface area contributed by atoms with Crippen molar-refractivity contribution in [3.63, 3.8) is 0 Å². The number of sulfonamides is 1. The SMILES string of the molecule is O=C(NCc1cccc(Cl)c1)C1CCN(S(=O)(=O)c2ccccc2F)CC1. The van der Waals surface area contributed by atoms with Crippen molar-refractivity contribution >= 4 is 27.5 Å². The number of halogens is 2. The predicted octanol–water partition coefficient (Wildman–Crippen LogP) is 3.20. The van der Waals surface area contributed by atoms with Crippen LogP contribution in [0.3, 0.4) is 0 Å². The maximum Gasteiger partial charge on any atom is 0.245 e. The molecular formula is C19H20ClFN2O3S. The van der Waals surface area contributed by atoms with Crippen molar-refractivity contribution < 1.29 is 17.6 Å². The van der Waals surface area contributed by atoms with Gasteiger partial charge in [-0.05, 0) is 42.7 Å². The summed E-state index contributed by atoms with van der Waals surface area (Å²) >= 11 is 5.93. The van der Waals surface area contributed by atoms with E-state index in [1.807, 2.05) is 12.1 Å². The second-order valence-corrected chi connectivity index (χ2v) is 8.80. The van der Waals surface area contributed by atoms with Gasteiger partial charge in [0.1, 0.15) is 10.7 Å². The van der Waals surface area contributed by atoms with Gasteiger partial charge in [0, 0.05) is 30.6 Å². The molecule has 1 saturated heterocycles. The number of nitrogens with one attached hydrogen (secondary N) is 1. The number of hydrogen-bond acceptors (Lipinski definition) is 3. The highest BCUT2D eigenvalue weighted by Gasteiger charge is 2.33. The van der Waals surface area contributed by atoms with E-state index in [-0.39, 0.29) is 29.8 Å². The largest absolute Gasteiger partial charge is 0.352 e. The summed E-state index contributed by atoms with van der Waals surface area (Å²) in [4.78, 5) is 12.0. The summed E-state index contributed by atoms with van der Waals surface area (Å²) in [5.41, 5.74) is 0.899. The van der Waals surface area contributed by atoms with Crippen LogP contribution in [0, 0.1) is 11.7 Å². The zero-order valence-corrected chi connectivity index (χ0v) is 16.1. The lowest BCUT2D eigenvalue weighted by Gasteiger charge is -2.30. The van der Waals surface area contributed by atoms with Crippen molar-refractivity contribution in [2.45, 2.75) is 24.3 Å². The number of carbonyl (C=O) groups excluding carboxylic acids is 1. The molecular weight excluding hydrogens is 391 g/mol. The normalized spacial score (nSPS) is 16.2. The first kappa shape index (κ1) is 19.8. The molecule has 0 atom stereocenters. The Morgan fingerprint density at radius 3 is 2.52 bits per heavy atom. The Balaban J connectivity index is 1.57. The van der Waals surface area contributed by atoms with Crippen LogP contribution in [0.25, 0.3) is 0 Å². The Kier molecular flexibility index (Phi) is 6.14. The molecule has 0 unspecified atom stereocenters. The van der Waals surface area contributed by atoms with E-state index in [1.54, 1.807) is 12.1 Å². The lowest BCUT2D eigenvalue weighted by Crippen LogP contribution is -2.43. The maximum atomic E-state index is 13.9. The minimum absolute atomic E-state index is 0.113. The number of amides is 1. The van der Waals surface area contributed by atoms with Gasteiger partial charge in [0.2, 0.25) is 15.9 Å². The maximum absolute atomic E-state index is 13.9. The molecule has 1 amide bonds. The van der Waals surface area contributed by atoms with Crippen LogP contribution in [0.15, 0.2) is 53.4 Å². The molecule has 1 N–H and O–H groups in total. The summed E-state index contributed by atoms with van der Waals surface area (Å²) in [6.45, 7) is 0.741. The van der Waals surface area contributed by atoms with Crippen LogP contribution in [0.2, 0.25) is 5.02 Å². The van der Waals surface area contributed by atoms with Gasteiger partial charge >= 0.3 is 0 Å². The molecule has 0 radical (unpaired) electrons. The summed E-state index contributed by atoms with van der Waals surface area (Å²) < 4.78 is 40.3. The zero-order valence-electron chi connectivity index (χ0n) is 14.6. The minimum Gasteiger partial charge on any atom is -0.352 e. The van der Waals surface area contributed by atoms with E-state index in [9.17, 15) is 17.6 Å². The molecule has 0 aromatic heterocycles. The van der Waals surface area contributed by atoms with Gasteiger partial charge in [-0.25, -0.2) is 12.8 Å². The van der Waals surface area contributed by atoms with E-state index in [1.165, 1.54) is 22.5 Å². The monoisotopic (exact) mass is 410 g/mol. The van der Waals surface area contributed by atoms with Crippen LogP contribution < -0.4 is 5.32 Å². The Bertz CT molecular complexity index is 928. The fourth-order valence-electron chi connectivity index (χ4n) is 3.13. The molecule has 2 aromatic rings. The van der Waals surface area contributed by atoms with Gasteiger partial charge in [-0.15, -0.1) is 0 Å². The lowest BCUT2D eigenvalue weighted by molar-refractivity contribution is -0.126. The summed E-state index contributed by atoms with van der Waals surface area (Å²) in [6.07, 6.45) is 0.796. The van der Waals surface area contributed by atoms with Crippen LogP contribution in [0.5, 0.6) is 0 Å². The standard InChI is InChI=1S/C19H20ClFN2O3S/c20-16-5-3-4-14(12-16)13-22-19(24)15-8-10-23(11-9-15)27(25,26)18-7-2-1-6-17(18)21/h1-7,12,15H,8-11,13H2,(H,22,24). The van der Waals surface area contributed by atoms with Crippen molar-refractivity contribution in [3.8, 4) is 0 Å². The summed E-state index contributed by atoms with van der Waals surface area (Å²) in [6, 6.07) is 12.6. The summed E-state index contributed by atoms with van der Waals surface area (Å²) in [5.74, 6) is -1.15. The molecule has 0 saturated carbocycles. The van der Waals surface area contributed by atoms with Crippen LogP contribution in [-0.2, 0) is 21.4 Å². The quantitative estimate of drug-likeness (QED) is 0.823. The third-order valence-corrected chi connectivity index (χ3v) is 6.80. The van der Waals surface area contributed by atoms with Crippen LogP contribution in [0.1, 0.15) is 18.4 Å². The van der Waals surface area contributed by atoms with Crippen LogP contribution in [0.4, 0.5) is 4.39 Å². The predicted molar refractivity (Wildman–Crippen MR) is 101 cm³/mol. The van der Waals surface area contributed by atoms with Gasteiger partial charge in [0.05, 0.1) is 0 Å². The molecule has 27 heavy (non-hydrogen) atoms. The van der Waals surface area contributed by atoms with E-state index < -0.39 is 15.8 Å². The van der Waals surface area contributed by atoms with Gasteiger partial charge in [0.25, 0.3) is 0 Å². The second kappa shape index (κ2) is 8.37. The van der Waals surface area contributed by atoms with Crippen LogP contribution in [-0.4, -0.2) is 31.7 Å². The smallest absolute Gasteiger partial charge is 0.245 e. The van der Waals surface area contributed by atoms with Gasteiger partial charge in [-0.1, -0.05) is 35.9 Å². The first-order chi connectivity index (χ1) is 12.9. The fourth-order valence-corrected chi connectivity index (χ4v) is 4.88. The Morgan fingerprint density at radius 2 is 1.85 bits per heavy atom. The molecule has 1 aliphatic heterocycles. The topological polar surface area (TPSA) is 66.5 Å². The van der Waals surface area contributed by atoms with Gasteiger partial charge < -0.3 is 5.32 Å². The molecule has 144 valence electrons. The van der Waals surface area contributed by atoms with Gasteiger partial charge in [0.15, 0.2) is 0 Å². The van der Waals surface area contributed by atoms with E-state index in [0.29, 0.717) is 24.4 Å². The second-order valence-electron chi connectivity index (χ2n) is 6.46. The molecule has 2 aromatic carbocycles. The fraction of sp³-hybridized carbons (Fsp3) is 0.316. The first-order valence-corrected chi connectivity index (χ1v) is 10.5. The number of benzene rings is 2. The van der Waals surface area contributed by atoms with E-state index in [0.717, 1.165) is 11.6 Å². The highest BCUT2D eigenvalue weighted by Crippen LogP contribution is 2.25. The molecule has 5 nitrogen and oxygen atoms in total. The molecule has 0 bridgehead atoms. The third kappa shape index (κ3) is 4.66. The molecule has 0 aliphatic carbocycles. The summed E-state index contributed by atoms with van der Waals surface area (Å²) in [5, 5.41) is 3.47. The number of hydrogen-bond donors (Lipinski definition) is 1. The Labute approximate surface area is 163 Å². The van der Waals surface area contributed by atoms with Crippen molar-refractivity contribution in [2.24, 2.45) is 5.92 Å². The molecule has 0 spiro atoms. The zero-order chi connectivity index (χ0) is 19.4. The Morgan fingerprint density at radius 1 is 1.15 bits per heavy atom. The van der Waals surface area contributed by atoms with E-state index in [2.05, 4.69) is 5.32 Å². The third-order valence-electron chi connectivity index (χ3n) is 4.63. The van der Waals surface area contributed by atoms with Gasteiger partial charge in [-0.3, -0.25) is 4.79 Å². The first-order valence-electron chi connectivity index (χ1n) is 8.65. The van der Waals surface area contributed by atoms with Crippen molar-refractivity contribution in [1.29, 1.82) is 0 Å². The van der Waals surface area contributed by atoms with Crippen molar-refractivity contribution in [1.82, 2.24) is 9.62 Å². The highest BCUT2D eigenvalue weighted by molar-refractivity contribution is 7.89. The van der Waals surface area contributed by atoms with E-state index >= 15 is 0 Å². The number of carbonyl (C=O) groups is 1. The van der Waals surface area contributed by atoms with Gasteiger partial charge in [-0.2, -0.15) is 4.31 Å². The van der Waals surface area contributed by atoms with Crippen molar-refractivity contribution in [3.05, 3.63) is 64.9 Å². The number of nitrogens with zero attached hydrogens (tertiary/aromatic N) is 1. The average molecular weight is 411 g/mol. The average Bonchev–Trinajstić information content (AvgIpc) is 2.66. The van der Waals surface area contributed by atoms with E-state index in [4.69, 9.17) is 11.6 Å².